The van der Waals surface area contributed by atoms with E-state index in [9.17, 15) is 4.79 Å². The van der Waals surface area contributed by atoms with Gasteiger partial charge in [-0.3, -0.25) is 0 Å². The van der Waals surface area contributed by atoms with Crippen molar-refractivity contribution < 1.29 is 9.53 Å². The molecule has 5 heteroatoms. The van der Waals surface area contributed by atoms with Crippen molar-refractivity contribution in [3.05, 3.63) is 0 Å². The first kappa shape index (κ1) is 12.3. The summed E-state index contributed by atoms with van der Waals surface area (Å²) < 4.78 is 4.94. The molecule has 1 fully saturated rings. The van der Waals surface area contributed by atoms with Gasteiger partial charge in [-0.05, 0) is 19.8 Å². The molecule has 1 heterocycles. The number of likely N-dealkylation sites (tertiary alicyclic amines) is 1. The summed E-state index contributed by atoms with van der Waals surface area (Å²) in [4.78, 5) is 13.2. The third kappa shape index (κ3) is 4.05. The van der Waals surface area contributed by atoms with Crippen molar-refractivity contribution in [2.24, 2.45) is 5.73 Å². The second-order valence-corrected chi connectivity index (χ2v) is 3.70. The summed E-state index contributed by atoms with van der Waals surface area (Å²) in [5, 5.41) is 3.36. The summed E-state index contributed by atoms with van der Waals surface area (Å²) in [5.41, 5.74) is 5.41. The molecule has 0 atom stereocenters. The van der Waals surface area contributed by atoms with Crippen LogP contribution in [-0.4, -0.2) is 49.8 Å². The molecule has 0 aromatic rings. The van der Waals surface area contributed by atoms with E-state index in [1.54, 1.807) is 4.90 Å². The van der Waals surface area contributed by atoms with Crippen LogP contribution in [0.1, 0.15) is 19.8 Å². The fourth-order valence-electron chi connectivity index (χ4n) is 1.77. The Morgan fingerprint density at radius 1 is 1.53 bits per heavy atom. The molecule has 0 aliphatic carbocycles. The van der Waals surface area contributed by atoms with Gasteiger partial charge < -0.3 is 20.7 Å². The van der Waals surface area contributed by atoms with E-state index < -0.39 is 0 Å². The van der Waals surface area contributed by atoms with Crippen molar-refractivity contribution in [2.75, 3.05) is 32.8 Å². The molecule has 1 saturated heterocycles. The minimum atomic E-state index is -0.185. The molecule has 0 saturated carbocycles. The highest BCUT2D eigenvalue weighted by atomic mass is 16.6. The van der Waals surface area contributed by atoms with Crippen LogP contribution in [0.25, 0.3) is 0 Å². The summed E-state index contributed by atoms with van der Waals surface area (Å²) in [6, 6.07) is 0.499. The van der Waals surface area contributed by atoms with Crippen LogP contribution in [0.5, 0.6) is 0 Å². The van der Waals surface area contributed by atoms with Gasteiger partial charge in [-0.1, -0.05) is 0 Å². The number of amides is 1. The number of ether oxygens (including phenoxy) is 1. The van der Waals surface area contributed by atoms with E-state index in [1.165, 1.54) is 0 Å². The summed E-state index contributed by atoms with van der Waals surface area (Å²) in [6.07, 6.45) is 1.78. The topological polar surface area (TPSA) is 67.6 Å². The Bertz CT molecular complexity index is 191. The summed E-state index contributed by atoms with van der Waals surface area (Å²) in [7, 11) is 0. The van der Waals surface area contributed by atoms with Gasteiger partial charge in [-0.25, -0.2) is 4.79 Å². The molecule has 0 spiro atoms. The SMILES string of the molecule is CCOC(=O)N1CCC(NCCN)CC1. The molecule has 5 nitrogen and oxygen atoms in total. The average Bonchev–Trinajstić information content (AvgIpc) is 2.27. The van der Waals surface area contributed by atoms with Crippen LogP contribution in [0.15, 0.2) is 0 Å². The fourth-order valence-corrected chi connectivity index (χ4v) is 1.77. The van der Waals surface area contributed by atoms with Crippen molar-refractivity contribution >= 4 is 6.09 Å². The second-order valence-electron chi connectivity index (χ2n) is 3.70. The van der Waals surface area contributed by atoms with Gasteiger partial charge in [0, 0.05) is 32.2 Å². The van der Waals surface area contributed by atoms with Gasteiger partial charge in [0.15, 0.2) is 0 Å². The van der Waals surface area contributed by atoms with Crippen molar-refractivity contribution in [3.8, 4) is 0 Å². The lowest BCUT2D eigenvalue weighted by atomic mass is 10.1. The molecule has 0 bridgehead atoms. The maximum absolute atomic E-state index is 11.4. The zero-order valence-corrected chi connectivity index (χ0v) is 9.37. The van der Waals surface area contributed by atoms with Crippen LogP contribution in [-0.2, 0) is 4.74 Å². The van der Waals surface area contributed by atoms with E-state index in [0.29, 0.717) is 19.2 Å². The Morgan fingerprint density at radius 2 is 2.20 bits per heavy atom. The molecule has 88 valence electrons. The molecule has 1 rings (SSSR count). The van der Waals surface area contributed by atoms with Crippen LogP contribution < -0.4 is 11.1 Å². The number of nitrogens with zero attached hydrogens (tertiary/aromatic N) is 1. The molecular formula is C10H21N3O2. The smallest absolute Gasteiger partial charge is 0.409 e. The molecule has 0 unspecified atom stereocenters. The van der Waals surface area contributed by atoms with Gasteiger partial charge in [0.25, 0.3) is 0 Å². The van der Waals surface area contributed by atoms with Crippen LogP contribution in [0, 0.1) is 0 Å². The first-order chi connectivity index (χ1) is 7.27. The first-order valence-electron chi connectivity index (χ1n) is 5.63. The molecule has 1 aliphatic rings. The minimum absolute atomic E-state index is 0.185. The Labute approximate surface area is 90.9 Å². The summed E-state index contributed by atoms with van der Waals surface area (Å²) >= 11 is 0. The minimum Gasteiger partial charge on any atom is -0.450 e. The number of carbonyl (C=O) groups is 1. The van der Waals surface area contributed by atoms with Gasteiger partial charge >= 0.3 is 6.09 Å². The van der Waals surface area contributed by atoms with Gasteiger partial charge in [0.1, 0.15) is 0 Å². The lowest BCUT2D eigenvalue weighted by Crippen LogP contribution is -2.46. The Morgan fingerprint density at radius 3 is 2.73 bits per heavy atom. The quantitative estimate of drug-likeness (QED) is 0.701. The molecule has 15 heavy (non-hydrogen) atoms. The van der Waals surface area contributed by atoms with Crippen molar-refractivity contribution in [3.63, 3.8) is 0 Å². The van der Waals surface area contributed by atoms with Gasteiger partial charge in [-0.15, -0.1) is 0 Å². The van der Waals surface area contributed by atoms with Gasteiger partial charge in [0.2, 0.25) is 0 Å². The number of nitrogens with one attached hydrogen (secondary N) is 1. The Hall–Kier alpha value is -0.810. The molecular weight excluding hydrogens is 194 g/mol. The number of piperidine rings is 1. The Balaban J connectivity index is 2.20. The first-order valence-corrected chi connectivity index (χ1v) is 5.63. The maximum atomic E-state index is 11.4. The van der Waals surface area contributed by atoms with Gasteiger partial charge in [-0.2, -0.15) is 0 Å². The molecule has 1 amide bonds. The monoisotopic (exact) mass is 215 g/mol. The molecule has 0 radical (unpaired) electrons. The van der Waals surface area contributed by atoms with E-state index >= 15 is 0 Å². The highest BCUT2D eigenvalue weighted by Gasteiger charge is 2.22. The fraction of sp³-hybridized carbons (Fsp3) is 0.900. The normalized spacial score (nSPS) is 17.9. The number of hydrogen-bond acceptors (Lipinski definition) is 4. The third-order valence-corrected chi connectivity index (χ3v) is 2.60. The largest absolute Gasteiger partial charge is 0.450 e. The van der Waals surface area contributed by atoms with Crippen molar-refractivity contribution in [1.82, 2.24) is 10.2 Å². The zero-order chi connectivity index (χ0) is 11.1. The van der Waals surface area contributed by atoms with Crippen LogP contribution in [0.4, 0.5) is 4.79 Å². The highest BCUT2D eigenvalue weighted by molar-refractivity contribution is 5.67. The van der Waals surface area contributed by atoms with E-state index in [2.05, 4.69) is 5.32 Å². The maximum Gasteiger partial charge on any atom is 0.409 e. The summed E-state index contributed by atoms with van der Waals surface area (Å²) in [5.74, 6) is 0. The standard InChI is InChI=1S/C10H21N3O2/c1-2-15-10(14)13-7-3-9(4-8-13)12-6-5-11/h9,12H,2-8,11H2,1H3. The highest BCUT2D eigenvalue weighted by Crippen LogP contribution is 2.10. The van der Waals surface area contributed by atoms with Crippen LogP contribution >= 0.6 is 0 Å². The van der Waals surface area contributed by atoms with Crippen LogP contribution in [0.3, 0.4) is 0 Å². The number of rotatable bonds is 4. The third-order valence-electron chi connectivity index (χ3n) is 2.60. The lowest BCUT2D eigenvalue weighted by molar-refractivity contribution is 0.0952. The van der Waals surface area contributed by atoms with E-state index in [4.69, 9.17) is 10.5 Å². The zero-order valence-electron chi connectivity index (χ0n) is 9.37. The Kier molecular flexibility index (Phi) is 5.42. The predicted molar refractivity (Wildman–Crippen MR) is 58.7 cm³/mol. The van der Waals surface area contributed by atoms with Gasteiger partial charge in [0.05, 0.1) is 6.61 Å². The van der Waals surface area contributed by atoms with Crippen molar-refractivity contribution in [1.29, 1.82) is 0 Å². The number of nitrogens with two attached hydrogens (primary N) is 1. The lowest BCUT2D eigenvalue weighted by Gasteiger charge is -2.31. The summed E-state index contributed by atoms with van der Waals surface area (Å²) in [6.45, 7) is 5.35. The van der Waals surface area contributed by atoms with E-state index in [-0.39, 0.29) is 6.09 Å². The average molecular weight is 215 g/mol. The van der Waals surface area contributed by atoms with Crippen LogP contribution in [0.2, 0.25) is 0 Å². The molecule has 0 aromatic heterocycles. The van der Waals surface area contributed by atoms with Crippen molar-refractivity contribution in [2.45, 2.75) is 25.8 Å². The number of hydrogen-bond donors (Lipinski definition) is 2. The number of carbonyl (C=O) groups excluding carboxylic acids is 1. The molecule has 1 aliphatic heterocycles. The molecule has 0 aromatic carbocycles. The molecule has 3 N–H and O–H groups in total. The van der Waals surface area contributed by atoms with E-state index in [0.717, 1.165) is 32.5 Å². The second kappa shape index (κ2) is 6.63. The predicted octanol–water partition coefficient (Wildman–Crippen LogP) is 0.156. The van der Waals surface area contributed by atoms with E-state index in [1.807, 2.05) is 6.92 Å².